The molecule has 0 unspecified atom stereocenters. The van der Waals surface area contributed by atoms with Crippen molar-refractivity contribution in [1.82, 2.24) is 9.55 Å². The number of nitrogens with one attached hydrogen (secondary N) is 1. The largest absolute Gasteiger partial charge is 0.385 e. The fourth-order valence-electron chi connectivity index (χ4n) is 1.50. The summed E-state index contributed by atoms with van der Waals surface area (Å²) >= 11 is 3.39. The zero-order valence-corrected chi connectivity index (χ0v) is 10.4. The number of aromatic nitrogens is 2. The molecule has 0 atom stereocenters. The van der Waals surface area contributed by atoms with Crippen LogP contribution in [0.25, 0.3) is 0 Å². The maximum atomic E-state index is 11.6. The van der Waals surface area contributed by atoms with Crippen molar-refractivity contribution in [2.24, 2.45) is 0 Å². The molecule has 0 aliphatic rings. The summed E-state index contributed by atoms with van der Waals surface area (Å²) in [5, 5.41) is 0. The number of benzene rings is 1. The number of aromatic amines is 1. The van der Waals surface area contributed by atoms with Gasteiger partial charge in [0.1, 0.15) is 5.82 Å². The van der Waals surface area contributed by atoms with Crippen molar-refractivity contribution >= 4 is 21.7 Å². The molecule has 0 saturated carbocycles. The third kappa shape index (κ3) is 2.47. The molecule has 0 saturated heterocycles. The quantitative estimate of drug-likeness (QED) is 0.865. The Bertz CT molecular complexity index is 660. The van der Waals surface area contributed by atoms with Crippen LogP contribution in [0.1, 0.15) is 5.56 Å². The highest BCUT2D eigenvalue weighted by molar-refractivity contribution is 9.10. The monoisotopic (exact) mass is 295 g/mol. The van der Waals surface area contributed by atoms with E-state index in [-0.39, 0.29) is 5.82 Å². The SMILES string of the molecule is Nc1cc(=O)[nH]c(=O)n1Cc1ccccc1Br. The van der Waals surface area contributed by atoms with Gasteiger partial charge in [0.05, 0.1) is 6.54 Å². The Morgan fingerprint density at radius 3 is 2.65 bits per heavy atom. The molecule has 88 valence electrons. The molecule has 5 nitrogen and oxygen atoms in total. The molecular weight excluding hydrogens is 286 g/mol. The Balaban J connectivity index is 2.48. The number of anilines is 1. The minimum absolute atomic E-state index is 0.148. The minimum Gasteiger partial charge on any atom is -0.385 e. The van der Waals surface area contributed by atoms with Crippen LogP contribution in [-0.2, 0) is 6.54 Å². The highest BCUT2D eigenvalue weighted by Crippen LogP contribution is 2.16. The first kappa shape index (κ1) is 11.7. The summed E-state index contributed by atoms with van der Waals surface area (Å²) < 4.78 is 2.19. The number of nitrogen functional groups attached to an aromatic ring is 1. The van der Waals surface area contributed by atoms with Gasteiger partial charge in [-0.1, -0.05) is 34.1 Å². The van der Waals surface area contributed by atoms with Crippen molar-refractivity contribution in [1.29, 1.82) is 0 Å². The van der Waals surface area contributed by atoms with Gasteiger partial charge < -0.3 is 5.73 Å². The van der Waals surface area contributed by atoms with Gasteiger partial charge in [-0.15, -0.1) is 0 Å². The molecular formula is C11H10BrN3O2. The van der Waals surface area contributed by atoms with Crippen LogP contribution in [-0.4, -0.2) is 9.55 Å². The number of H-pyrrole nitrogens is 1. The fraction of sp³-hybridized carbons (Fsp3) is 0.0909. The molecule has 0 radical (unpaired) electrons. The topological polar surface area (TPSA) is 80.9 Å². The molecule has 0 spiro atoms. The van der Waals surface area contributed by atoms with Crippen LogP contribution in [0.5, 0.6) is 0 Å². The lowest BCUT2D eigenvalue weighted by Crippen LogP contribution is -2.31. The van der Waals surface area contributed by atoms with E-state index in [9.17, 15) is 9.59 Å². The predicted octanol–water partition coefficient (Wildman–Crippen LogP) is 0.930. The van der Waals surface area contributed by atoms with E-state index in [1.54, 1.807) is 0 Å². The Kier molecular flexibility index (Phi) is 3.14. The Labute approximate surface area is 105 Å². The van der Waals surface area contributed by atoms with Crippen LogP contribution in [0, 0.1) is 0 Å². The van der Waals surface area contributed by atoms with Gasteiger partial charge in [0.2, 0.25) is 0 Å². The second kappa shape index (κ2) is 4.58. The zero-order chi connectivity index (χ0) is 12.4. The first-order valence-corrected chi connectivity index (χ1v) is 5.70. The lowest BCUT2D eigenvalue weighted by atomic mass is 10.2. The van der Waals surface area contributed by atoms with Crippen molar-refractivity contribution < 1.29 is 0 Å². The number of halogens is 1. The van der Waals surface area contributed by atoms with Crippen molar-refractivity contribution in [3.8, 4) is 0 Å². The van der Waals surface area contributed by atoms with E-state index >= 15 is 0 Å². The van der Waals surface area contributed by atoms with Crippen molar-refractivity contribution in [3.63, 3.8) is 0 Å². The number of hydrogen-bond acceptors (Lipinski definition) is 3. The lowest BCUT2D eigenvalue weighted by Gasteiger charge is -2.09. The molecule has 17 heavy (non-hydrogen) atoms. The molecule has 1 aromatic heterocycles. The molecule has 0 aliphatic heterocycles. The molecule has 0 amide bonds. The zero-order valence-electron chi connectivity index (χ0n) is 8.81. The summed E-state index contributed by atoms with van der Waals surface area (Å²) in [5.41, 5.74) is 5.56. The number of hydrogen-bond donors (Lipinski definition) is 2. The van der Waals surface area contributed by atoms with E-state index < -0.39 is 11.2 Å². The summed E-state index contributed by atoms with van der Waals surface area (Å²) in [7, 11) is 0. The average Bonchev–Trinajstić information content (AvgIpc) is 2.25. The van der Waals surface area contributed by atoms with Crippen molar-refractivity contribution in [3.05, 3.63) is 61.2 Å². The first-order valence-electron chi connectivity index (χ1n) is 4.91. The predicted molar refractivity (Wildman–Crippen MR) is 69.0 cm³/mol. The highest BCUT2D eigenvalue weighted by atomic mass is 79.9. The molecule has 0 aliphatic carbocycles. The summed E-state index contributed by atoms with van der Waals surface area (Å²) in [5.74, 6) is 0.148. The van der Waals surface area contributed by atoms with Gasteiger partial charge in [-0.3, -0.25) is 14.3 Å². The van der Waals surface area contributed by atoms with Crippen LogP contribution in [0.4, 0.5) is 5.82 Å². The van der Waals surface area contributed by atoms with Crippen LogP contribution in [0.3, 0.4) is 0 Å². The van der Waals surface area contributed by atoms with Gasteiger partial charge in [0, 0.05) is 10.5 Å². The standard InChI is InChI=1S/C11H10BrN3O2/c12-8-4-2-1-3-7(8)6-15-9(13)5-10(16)14-11(15)17/h1-5H,6,13H2,(H,14,16,17). The summed E-state index contributed by atoms with van der Waals surface area (Å²) in [6, 6.07) is 8.70. The third-order valence-corrected chi connectivity index (χ3v) is 3.13. The van der Waals surface area contributed by atoms with E-state index in [2.05, 4.69) is 20.9 Å². The van der Waals surface area contributed by atoms with Crippen LogP contribution >= 0.6 is 15.9 Å². The number of nitrogens with zero attached hydrogens (tertiary/aromatic N) is 1. The summed E-state index contributed by atoms with van der Waals surface area (Å²) in [6.45, 7) is 0.308. The third-order valence-electron chi connectivity index (χ3n) is 2.35. The first-order chi connectivity index (χ1) is 8.08. The minimum atomic E-state index is -0.509. The molecule has 6 heteroatoms. The summed E-state index contributed by atoms with van der Waals surface area (Å²) in [6.07, 6.45) is 0. The fourth-order valence-corrected chi connectivity index (χ4v) is 1.91. The van der Waals surface area contributed by atoms with E-state index in [0.29, 0.717) is 6.54 Å². The maximum Gasteiger partial charge on any atom is 0.330 e. The van der Waals surface area contributed by atoms with Crippen LogP contribution in [0.2, 0.25) is 0 Å². The normalized spacial score (nSPS) is 10.4. The smallest absolute Gasteiger partial charge is 0.330 e. The second-order valence-electron chi connectivity index (χ2n) is 3.54. The Morgan fingerprint density at radius 1 is 1.29 bits per heavy atom. The second-order valence-corrected chi connectivity index (χ2v) is 4.40. The molecule has 2 aromatic rings. The van der Waals surface area contributed by atoms with Gasteiger partial charge >= 0.3 is 5.69 Å². The van der Waals surface area contributed by atoms with Crippen LogP contribution in [0.15, 0.2) is 44.4 Å². The summed E-state index contributed by atoms with van der Waals surface area (Å²) in [4.78, 5) is 24.8. The number of nitrogens with two attached hydrogens (primary N) is 1. The van der Waals surface area contributed by atoms with E-state index in [1.807, 2.05) is 24.3 Å². The van der Waals surface area contributed by atoms with E-state index in [4.69, 9.17) is 5.73 Å². The lowest BCUT2D eigenvalue weighted by molar-refractivity contribution is 0.730. The van der Waals surface area contributed by atoms with Crippen molar-refractivity contribution in [2.75, 3.05) is 5.73 Å². The molecule has 1 heterocycles. The van der Waals surface area contributed by atoms with Crippen molar-refractivity contribution in [2.45, 2.75) is 6.54 Å². The van der Waals surface area contributed by atoms with E-state index in [1.165, 1.54) is 10.6 Å². The highest BCUT2D eigenvalue weighted by Gasteiger charge is 2.05. The van der Waals surface area contributed by atoms with Gasteiger partial charge in [-0.05, 0) is 11.6 Å². The molecule has 0 fully saturated rings. The van der Waals surface area contributed by atoms with Crippen LogP contribution < -0.4 is 17.0 Å². The van der Waals surface area contributed by atoms with Gasteiger partial charge in [-0.25, -0.2) is 4.79 Å². The molecule has 3 N–H and O–H groups in total. The van der Waals surface area contributed by atoms with Gasteiger partial charge in [0.15, 0.2) is 0 Å². The Morgan fingerprint density at radius 2 is 2.00 bits per heavy atom. The number of rotatable bonds is 2. The van der Waals surface area contributed by atoms with E-state index in [0.717, 1.165) is 10.0 Å². The van der Waals surface area contributed by atoms with Gasteiger partial charge in [0.25, 0.3) is 5.56 Å². The molecule has 1 aromatic carbocycles. The Hall–Kier alpha value is -1.82. The molecule has 2 rings (SSSR count). The van der Waals surface area contributed by atoms with Gasteiger partial charge in [-0.2, -0.15) is 0 Å². The maximum absolute atomic E-state index is 11.6. The molecule has 0 bridgehead atoms. The average molecular weight is 296 g/mol.